The van der Waals surface area contributed by atoms with Gasteiger partial charge in [0.25, 0.3) is 0 Å². The molecule has 0 aliphatic carbocycles. The van der Waals surface area contributed by atoms with Crippen molar-refractivity contribution in [3.05, 3.63) is 64.2 Å². The molecule has 0 fully saturated rings. The minimum absolute atomic E-state index is 0.148. The Hall–Kier alpha value is -2.45. The van der Waals surface area contributed by atoms with Crippen molar-refractivity contribution in [2.75, 3.05) is 0 Å². The highest BCUT2D eigenvalue weighted by atomic mass is 32.2. The van der Waals surface area contributed by atoms with E-state index in [2.05, 4.69) is 0 Å². The molecule has 2 aromatic carbocycles. The zero-order valence-electron chi connectivity index (χ0n) is 13.3. The lowest BCUT2D eigenvalue weighted by Crippen LogP contribution is -2.36. The predicted octanol–water partition coefficient (Wildman–Crippen LogP) is 2.90. The maximum Gasteiger partial charge on any atom is 0.312 e. The third-order valence-electron chi connectivity index (χ3n) is 3.51. The molecule has 0 saturated heterocycles. The Morgan fingerprint density at radius 1 is 1.17 bits per heavy atom. The summed E-state index contributed by atoms with van der Waals surface area (Å²) in [5, 5.41) is 20.4. The van der Waals surface area contributed by atoms with Gasteiger partial charge in [-0.05, 0) is 31.5 Å². The summed E-state index contributed by atoms with van der Waals surface area (Å²) in [5.41, 5.74) is 0.169. The molecular formula is C16H18N2O5S. The molecule has 24 heavy (non-hydrogen) atoms. The smallest absolute Gasteiger partial charge is 0.312 e. The number of phenols is 1. The number of sulfonamides is 1. The minimum atomic E-state index is -3.95. The molecule has 0 spiro atoms. The maximum atomic E-state index is 12.9. The van der Waals surface area contributed by atoms with Crippen molar-refractivity contribution < 1.29 is 18.4 Å². The van der Waals surface area contributed by atoms with Gasteiger partial charge in [-0.15, -0.1) is 0 Å². The van der Waals surface area contributed by atoms with Crippen molar-refractivity contribution >= 4 is 15.7 Å². The Morgan fingerprint density at radius 2 is 1.79 bits per heavy atom. The van der Waals surface area contributed by atoms with Crippen molar-refractivity contribution in [3.63, 3.8) is 0 Å². The van der Waals surface area contributed by atoms with Crippen LogP contribution < -0.4 is 0 Å². The monoisotopic (exact) mass is 350 g/mol. The first-order valence-corrected chi connectivity index (χ1v) is 8.70. The number of nitrogens with zero attached hydrogens (tertiary/aromatic N) is 2. The van der Waals surface area contributed by atoms with Crippen LogP contribution in [-0.4, -0.2) is 28.8 Å². The second-order valence-corrected chi connectivity index (χ2v) is 7.43. The number of rotatable bonds is 6. The predicted molar refractivity (Wildman–Crippen MR) is 89.1 cm³/mol. The summed E-state index contributed by atoms with van der Waals surface area (Å²) < 4.78 is 27.0. The molecule has 0 unspecified atom stereocenters. The van der Waals surface area contributed by atoms with Gasteiger partial charge in [0.15, 0.2) is 5.75 Å². The van der Waals surface area contributed by atoms with Gasteiger partial charge < -0.3 is 5.11 Å². The van der Waals surface area contributed by atoms with E-state index in [0.717, 1.165) is 23.8 Å². The summed E-state index contributed by atoms with van der Waals surface area (Å²) in [6, 6.07) is 11.8. The molecule has 2 aromatic rings. The molecule has 0 atom stereocenters. The Bertz CT molecular complexity index is 835. The molecule has 1 N–H and O–H groups in total. The van der Waals surface area contributed by atoms with Crippen LogP contribution in [0, 0.1) is 10.1 Å². The molecule has 0 aromatic heterocycles. The molecular weight excluding hydrogens is 332 g/mol. The van der Waals surface area contributed by atoms with Crippen LogP contribution in [0.4, 0.5) is 5.69 Å². The fourth-order valence-electron chi connectivity index (χ4n) is 2.25. The SMILES string of the molecule is CC(C)N(Cc1ccccc1)S(=O)(=O)c1ccc(O)c([N+](=O)[O-])c1. The number of benzene rings is 2. The van der Waals surface area contributed by atoms with E-state index in [-0.39, 0.29) is 17.5 Å². The minimum Gasteiger partial charge on any atom is -0.502 e. The Morgan fingerprint density at radius 3 is 2.33 bits per heavy atom. The van der Waals surface area contributed by atoms with Gasteiger partial charge in [0, 0.05) is 18.7 Å². The maximum absolute atomic E-state index is 12.9. The van der Waals surface area contributed by atoms with Crippen molar-refractivity contribution in [2.45, 2.75) is 31.3 Å². The van der Waals surface area contributed by atoms with E-state index >= 15 is 0 Å². The quantitative estimate of drug-likeness (QED) is 0.638. The van der Waals surface area contributed by atoms with Crippen molar-refractivity contribution in [3.8, 4) is 5.75 Å². The second-order valence-electron chi connectivity index (χ2n) is 5.54. The standard InChI is InChI=1S/C16H18N2O5S/c1-12(2)17(11-13-6-4-3-5-7-13)24(22,23)14-8-9-16(19)15(10-14)18(20)21/h3-10,12,19H,11H2,1-2H3. The third kappa shape index (κ3) is 3.72. The normalized spacial score (nSPS) is 11.8. The first-order valence-electron chi connectivity index (χ1n) is 7.26. The van der Waals surface area contributed by atoms with Crippen LogP contribution in [0.3, 0.4) is 0 Å². The molecule has 0 heterocycles. The number of nitro benzene ring substituents is 1. The molecule has 0 bridgehead atoms. The highest BCUT2D eigenvalue weighted by Gasteiger charge is 2.29. The molecule has 2 rings (SSSR count). The largest absolute Gasteiger partial charge is 0.502 e. The van der Waals surface area contributed by atoms with Crippen LogP contribution in [0.15, 0.2) is 53.4 Å². The Labute approximate surface area is 140 Å². The summed E-state index contributed by atoms with van der Waals surface area (Å²) >= 11 is 0. The van der Waals surface area contributed by atoms with E-state index in [0.29, 0.717) is 0 Å². The van der Waals surface area contributed by atoms with E-state index < -0.39 is 26.4 Å². The van der Waals surface area contributed by atoms with Gasteiger partial charge in [-0.3, -0.25) is 10.1 Å². The van der Waals surface area contributed by atoms with Gasteiger partial charge in [0.05, 0.1) is 9.82 Å². The summed E-state index contributed by atoms with van der Waals surface area (Å²) in [6.07, 6.45) is 0. The van der Waals surface area contributed by atoms with Gasteiger partial charge in [0.2, 0.25) is 10.0 Å². The lowest BCUT2D eigenvalue weighted by molar-refractivity contribution is -0.386. The molecule has 8 heteroatoms. The molecule has 0 radical (unpaired) electrons. The molecule has 0 aliphatic heterocycles. The highest BCUT2D eigenvalue weighted by molar-refractivity contribution is 7.89. The fourth-order valence-corrected chi connectivity index (χ4v) is 3.90. The molecule has 128 valence electrons. The average molecular weight is 350 g/mol. The van der Waals surface area contributed by atoms with E-state index in [1.807, 2.05) is 30.3 Å². The Balaban J connectivity index is 2.45. The average Bonchev–Trinajstić information content (AvgIpc) is 2.53. The van der Waals surface area contributed by atoms with Crippen LogP contribution in [0.25, 0.3) is 0 Å². The second kappa shape index (κ2) is 6.98. The number of nitro groups is 1. The summed E-state index contributed by atoms with van der Waals surface area (Å²) in [6.45, 7) is 3.61. The van der Waals surface area contributed by atoms with Crippen LogP contribution >= 0.6 is 0 Å². The Kier molecular flexibility index (Phi) is 5.20. The molecule has 0 aliphatic rings. The van der Waals surface area contributed by atoms with Gasteiger partial charge in [-0.25, -0.2) is 8.42 Å². The number of aromatic hydroxyl groups is 1. The summed E-state index contributed by atoms with van der Waals surface area (Å²) in [5.74, 6) is -0.571. The van der Waals surface area contributed by atoms with Crippen LogP contribution in [-0.2, 0) is 16.6 Å². The van der Waals surface area contributed by atoms with Crippen molar-refractivity contribution in [1.82, 2.24) is 4.31 Å². The van der Waals surface area contributed by atoms with Crippen LogP contribution in [0.1, 0.15) is 19.4 Å². The number of phenolic OH excluding ortho intramolecular Hbond substituents is 1. The van der Waals surface area contributed by atoms with Gasteiger partial charge in [-0.2, -0.15) is 4.31 Å². The lowest BCUT2D eigenvalue weighted by atomic mass is 10.2. The van der Waals surface area contributed by atoms with Gasteiger partial charge >= 0.3 is 5.69 Å². The van der Waals surface area contributed by atoms with Gasteiger partial charge in [0.1, 0.15) is 0 Å². The first-order chi connectivity index (χ1) is 11.2. The van der Waals surface area contributed by atoms with Crippen molar-refractivity contribution in [2.24, 2.45) is 0 Å². The van der Waals surface area contributed by atoms with Crippen LogP contribution in [0.2, 0.25) is 0 Å². The zero-order chi connectivity index (χ0) is 17.9. The van der Waals surface area contributed by atoms with E-state index in [1.165, 1.54) is 4.31 Å². The number of hydrogen-bond acceptors (Lipinski definition) is 5. The van der Waals surface area contributed by atoms with E-state index in [1.54, 1.807) is 13.8 Å². The van der Waals surface area contributed by atoms with E-state index in [9.17, 15) is 23.6 Å². The molecule has 7 nitrogen and oxygen atoms in total. The topological polar surface area (TPSA) is 101 Å². The highest BCUT2D eigenvalue weighted by Crippen LogP contribution is 2.30. The molecule has 0 saturated carbocycles. The van der Waals surface area contributed by atoms with E-state index in [4.69, 9.17) is 0 Å². The van der Waals surface area contributed by atoms with Gasteiger partial charge in [-0.1, -0.05) is 30.3 Å². The zero-order valence-corrected chi connectivity index (χ0v) is 14.1. The number of hydrogen-bond donors (Lipinski definition) is 1. The first kappa shape index (κ1) is 17.9. The fraction of sp³-hybridized carbons (Fsp3) is 0.250. The third-order valence-corrected chi connectivity index (χ3v) is 5.53. The molecule has 0 amide bonds. The van der Waals surface area contributed by atoms with Crippen LogP contribution in [0.5, 0.6) is 5.75 Å². The van der Waals surface area contributed by atoms with Crippen molar-refractivity contribution in [1.29, 1.82) is 0 Å². The lowest BCUT2D eigenvalue weighted by Gasteiger charge is -2.26. The summed E-state index contributed by atoms with van der Waals surface area (Å²) in [4.78, 5) is 9.89. The summed E-state index contributed by atoms with van der Waals surface area (Å²) in [7, 11) is -3.95.